The highest BCUT2D eigenvalue weighted by Gasteiger charge is 2.28. The Hall–Kier alpha value is -3.37. The fourth-order valence-electron chi connectivity index (χ4n) is 4.62. The van der Waals surface area contributed by atoms with Crippen molar-refractivity contribution in [3.05, 3.63) is 70.0 Å². The largest absolute Gasteiger partial charge is 0.353 e. The predicted octanol–water partition coefficient (Wildman–Crippen LogP) is 4.71. The van der Waals surface area contributed by atoms with E-state index in [0.717, 1.165) is 35.5 Å². The van der Waals surface area contributed by atoms with E-state index in [1.54, 1.807) is 12.1 Å². The molecule has 2 amide bonds. The minimum atomic E-state index is -2.12. The Bertz CT molecular complexity index is 1170. The maximum absolute atomic E-state index is 13.5. The van der Waals surface area contributed by atoms with Crippen LogP contribution in [0.4, 0.5) is 8.78 Å². The first-order valence-corrected chi connectivity index (χ1v) is 14.7. The highest BCUT2D eigenvalue weighted by Crippen LogP contribution is 2.27. The van der Waals surface area contributed by atoms with Crippen LogP contribution in [0.2, 0.25) is 0 Å². The van der Waals surface area contributed by atoms with Crippen LogP contribution in [0.15, 0.2) is 63.8 Å². The second-order valence-electron chi connectivity index (χ2n) is 10.4. The maximum Gasteiger partial charge on any atom is 0.256 e. The van der Waals surface area contributed by atoms with Crippen LogP contribution in [0.5, 0.6) is 0 Å². The van der Waals surface area contributed by atoms with E-state index in [-0.39, 0.29) is 31.3 Å². The van der Waals surface area contributed by atoms with Crippen molar-refractivity contribution in [2.24, 2.45) is 4.99 Å². The van der Waals surface area contributed by atoms with Gasteiger partial charge in [-0.2, -0.15) is 0 Å². The summed E-state index contributed by atoms with van der Waals surface area (Å²) in [6.07, 6.45) is 2.92. The van der Waals surface area contributed by atoms with Gasteiger partial charge in [-0.1, -0.05) is 50.6 Å². The molecule has 1 aromatic carbocycles. The number of nitrogens with one attached hydrogen (secondary N) is 2. The van der Waals surface area contributed by atoms with E-state index in [0.29, 0.717) is 26.2 Å². The average molecular weight is 587 g/mol. The summed E-state index contributed by atoms with van der Waals surface area (Å²) in [5.74, 6) is -0.181. The van der Waals surface area contributed by atoms with Gasteiger partial charge in [-0.15, -0.1) is 0 Å². The van der Waals surface area contributed by atoms with E-state index < -0.39 is 6.43 Å². The van der Waals surface area contributed by atoms with Gasteiger partial charge in [0.25, 0.3) is 5.91 Å². The van der Waals surface area contributed by atoms with E-state index in [4.69, 9.17) is 0 Å². The van der Waals surface area contributed by atoms with E-state index in [2.05, 4.69) is 47.7 Å². The first-order valence-electron chi connectivity index (χ1n) is 14.7. The number of fused-ring (bicyclic) bond motifs is 1. The molecule has 3 rings (SSSR count). The summed E-state index contributed by atoms with van der Waals surface area (Å²) in [6.45, 7) is 13.4. The molecule has 232 valence electrons. The Balaban J connectivity index is 0.00000113. The van der Waals surface area contributed by atoms with Gasteiger partial charge in [-0.25, -0.2) is 13.8 Å². The number of amides is 2. The minimum absolute atomic E-state index is 0.0278. The molecule has 2 aliphatic rings. The molecular formula is C32H48F2N6O2. The Morgan fingerprint density at radius 3 is 2.19 bits per heavy atom. The second kappa shape index (κ2) is 17.6. The smallest absolute Gasteiger partial charge is 0.256 e. The van der Waals surface area contributed by atoms with E-state index in [1.807, 2.05) is 49.0 Å². The normalized spacial score (nSPS) is 16.8. The zero-order valence-electron chi connectivity index (χ0n) is 26.3. The number of carbonyl (C=O) groups is 2. The van der Waals surface area contributed by atoms with Gasteiger partial charge in [0.1, 0.15) is 0 Å². The summed E-state index contributed by atoms with van der Waals surface area (Å²) in [4.78, 5) is 32.8. The number of hydrazine groups is 1. The van der Waals surface area contributed by atoms with Gasteiger partial charge in [-0.05, 0) is 61.2 Å². The van der Waals surface area contributed by atoms with Crippen LogP contribution in [-0.4, -0.2) is 85.7 Å². The first-order chi connectivity index (χ1) is 20.1. The number of carbonyl (C=O) groups excluding carboxylic acids is 2. The lowest BCUT2D eigenvalue weighted by Crippen LogP contribution is -2.48. The Morgan fingerprint density at radius 2 is 1.67 bits per heavy atom. The van der Waals surface area contributed by atoms with Gasteiger partial charge >= 0.3 is 0 Å². The fourth-order valence-corrected chi connectivity index (χ4v) is 4.62. The number of likely N-dealkylation sites (N-methyl/N-ethyl adjacent to an activating group) is 2. The van der Waals surface area contributed by atoms with Gasteiger partial charge in [0, 0.05) is 52.4 Å². The van der Waals surface area contributed by atoms with Crippen LogP contribution >= 0.6 is 0 Å². The molecule has 0 bridgehead atoms. The molecule has 1 aromatic rings. The number of benzene rings is 1. The van der Waals surface area contributed by atoms with Crippen molar-refractivity contribution in [3.8, 4) is 0 Å². The van der Waals surface area contributed by atoms with Gasteiger partial charge in [0.2, 0.25) is 12.3 Å². The molecule has 0 aromatic heterocycles. The van der Waals surface area contributed by atoms with Crippen molar-refractivity contribution in [2.45, 2.75) is 67.0 Å². The third-order valence-corrected chi connectivity index (χ3v) is 7.34. The van der Waals surface area contributed by atoms with E-state index in [1.165, 1.54) is 23.6 Å². The lowest BCUT2D eigenvalue weighted by Gasteiger charge is -2.33. The summed E-state index contributed by atoms with van der Waals surface area (Å²) in [7, 11) is 3.59. The average Bonchev–Trinajstić information content (AvgIpc) is 3.42. The van der Waals surface area contributed by atoms with Crippen LogP contribution in [0, 0.1) is 0 Å². The molecule has 0 spiro atoms. The highest BCUT2D eigenvalue weighted by molar-refractivity contribution is 6.13. The van der Waals surface area contributed by atoms with Gasteiger partial charge < -0.3 is 15.5 Å². The summed E-state index contributed by atoms with van der Waals surface area (Å²) >= 11 is 0. The van der Waals surface area contributed by atoms with Crippen LogP contribution in [-0.2, 0) is 22.7 Å². The number of rotatable bonds is 12. The highest BCUT2D eigenvalue weighted by atomic mass is 19.3. The molecule has 1 aliphatic carbocycles. The van der Waals surface area contributed by atoms with Gasteiger partial charge in [0.15, 0.2) is 0 Å². The first kappa shape index (κ1) is 34.8. The number of halogens is 2. The number of allylic oxidation sites excluding steroid dienone is 5. The van der Waals surface area contributed by atoms with Gasteiger partial charge in [-0.3, -0.25) is 19.6 Å². The van der Waals surface area contributed by atoms with Crippen molar-refractivity contribution < 1.29 is 18.4 Å². The molecular weight excluding hydrogens is 538 g/mol. The zero-order valence-corrected chi connectivity index (χ0v) is 26.3. The topological polar surface area (TPSA) is 80.3 Å². The van der Waals surface area contributed by atoms with Crippen LogP contribution < -0.4 is 10.6 Å². The molecule has 0 atom stereocenters. The summed E-state index contributed by atoms with van der Waals surface area (Å²) in [5, 5.41) is 9.92. The lowest BCUT2D eigenvalue weighted by atomic mass is 9.92. The molecule has 42 heavy (non-hydrogen) atoms. The lowest BCUT2D eigenvalue weighted by molar-refractivity contribution is -0.147. The predicted molar refractivity (Wildman–Crippen MR) is 166 cm³/mol. The van der Waals surface area contributed by atoms with Gasteiger partial charge in [0.05, 0.1) is 18.8 Å². The molecule has 10 heteroatoms. The van der Waals surface area contributed by atoms with Crippen molar-refractivity contribution in [1.82, 2.24) is 25.6 Å². The Morgan fingerprint density at radius 1 is 1.05 bits per heavy atom. The van der Waals surface area contributed by atoms with Crippen molar-refractivity contribution in [2.75, 3.05) is 46.8 Å². The van der Waals surface area contributed by atoms with Crippen molar-refractivity contribution in [3.63, 3.8) is 0 Å². The maximum atomic E-state index is 13.5. The number of nitrogens with zero attached hydrogens (tertiary/aromatic N) is 4. The van der Waals surface area contributed by atoms with E-state index in [9.17, 15) is 18.4 Å². The van der Waals surface area contributed by atoms with Crippen LogP contribution in [0.3, 0.4) is 0 Å². The Labute approximate surface area is 250 Å². The molecule has 0 saturated carbocycles. The second-order valence-corrected chi connectivity index (χ2v) is 10.4. The summed E-state index contributed by atoms with van der Waals surface area (Å²) < 4.78 is 21.5. The number of hydrogen-bond acceptors (Lipinski definition) is 6. The number of aliphatic imine (C=N–C) groups is 1. The van der Waals surface area contributed by atoms with Crippen LogP contribution in [0.25, 0.3) is 0 Å². The fraction of sp³-hybridized carbons (Fsp3) is 0.531. The summed E-state index contributed by atoms with van der Waals surface area (Å²) in [6, 6.07) is 8.27. The zero-order chi connectivity index (χ0) is 31.2. The standard InChI is InChI=1S/C29H42N6O2.C3H6F2/c1-7-21(3)25-15-22(4)27(16-26(25)30-5)34(19-28(36)32-14-13-31-8-2)20-29(37)33(6)35-17-23-11-9-10-12-24(23)18-35;1-2-3(4)5/h9-12,15-16,31H,7-8,13-14,17-20H2,1-6H3,(H,32,36);3H,2H2,1H3/b25-21+,30-26?;. The van der Waals surface area contributed by atoms with Crippen molar-refractivity contribution >= 4 is 17.5 Å². The number of hydrogen-bond donors (Lipinski definition) is 2. The SMILES string of the molecule is CCC(F)F.CCNCCNC(=O)CN(CC(=O)N(C)N1Cc2ccccc2C1)C1=CC(=NC)/C(=C(\C)CC)C=C1C. The molecule has 0 fully saturated rings. The minimum Gasteiger partial charge on any atom is -0.353 e. The molecule has 0 radical (unpaired) electrons. The quantitative estimate of drug-likeness (QED) is 0.347. The monoisotopic (exact) mass is 586 g/mol. The molecule has 0 unspecified atom stereocenters. The molecule has 1 aliphatic heterocycles. The Kier molecular flexibility index (Phi) is 14.6. The van der Waals surface area contributed by atoms with E-state index >= 15 is 0 Å². The molecule has 8 nitrogen and oxygen atoms in total. The number of alkyl halides is 2. The molecule has 0 saturated heterocycles. The molecule has 1 heterocycles. The molecule has 2 N–H and O–H groups in total. The van der Waals surface area contributed by atoms with Crippen molar-refractivity contribution in [1.29, 1.82) is 0 Å². The van der Waals surface area contributed by atoms with Crippen LogP contribution in [0.1, 0.15) is 58.6 Å². The third-order valence-electron chi connectivity index (χ3n) is 7.34. The third kappa shape index (κ3) is 10.2. The summed E-state index contributed by atoms with van der Waals surface area (Å²) in [5.41, 5.74) is 7.57.